The zero-order valence-electron chi connectivity index (χ0n) is 16.4. The van der Waals surface area contributed by atoms with Crippen LogP contribution >= 0.6 is 0 Å². The Morgan fingerprint density at radius 2 is 1.85 bits per heavy atom. The van der Waals surface area contributed by atoms with Crippen molar-refractivity contribution >= 4 is 20.1 Å². The summed E-state index contributed by atoms with van der Waals surface area (Å²) in [6, 6.07) is 0. The molecule has 1 saturated heterocycles. The Bertz CT molecular complexity index is 570. The van der Waals surface area contributed by atoms with Gasteiger partial charge in [-0.05, 0) is 19.3 Å². The van der Waals surface area contributed by atoms with Gasteiger partial charge in [0.1, 0.15) is 0 Å². The van der Waals surface area contributed by atoms with Crippen LogP contribution in [0.1, 0.15) is 60.3 Å². The van der Waals surface area contributed by atoms with Crippen LogP contribution in [0.5, 0.6) is 0 Å². The number of hydrogen-bond acceptors (Lipinski definition) is 5. The first-order valence-electron chi connectivity index (χ1n) is 8.98. The van der Waals surface area contributed by atoms with Crippen LogP contribution in [0.4, 0.5) is 0 Å². The number of rotatable bonds is 3. The molecule has 9 heteroatoms. The zero-order chi connectivity index (χ0) is 20.2. The van der Waals surface area contributed by atoms with E-state index >= 15 is 0 Å². The summed E-state index contributed by atoms with van der Waals surface area (Å²) in [5.74, 6) is -0.174. The molecule has 8 nitrogen and oxygen atoms in total. The van der Waals surface area contributed by atoms with E-state index in [9.17, 15) is 17.8 Å². The number of nitrogens with one attached hydrogen (secondary N) is 2. The molecule has 2 atom stereocenters. The standard InChI is InChI=1S/C12H22AsNO5.C5H11NO/c1-8(15)14-9-6-11(2,3)10(12(4,5)7-9)13(16,17)19-18;7-6-4-2-1-3-5-6/h6,10,18H,7H2,1-5H3,(H,14,15)(H,16,17);6H,1-5H2. The maximum Gasteiger partial charge on any atom is 0.0768 e. The molecular formula is C17H33AsN2O6. The summed E-state index contributed by atoms with van der Waals surface area (Å²) in [6.07, 6.45) is 5.76. The number of hydroxylamine groups is 2. The molecule has 4 N–H and O–H groups in total. The molecule has 1 aliphatic carbocycles. The third-order valence-corrected chi connectivity index (χ3v) is 9.55. The van der Waals surface area contributed by atoms with Gasteiger partial charge < -0.3 is 10.3 Å². The molecule has 1 heterocycles. The minimum absolute atomic E-state index is 0.174. The van der Waals surface area contributed by atoms with E-state index in [4.69, 9.17) is 5.26 Å². The van der Waals surface area contributed by atoms with Gasteiger partial charge in [-0.15, -0.1) is 0 Å². The predicted molar refractivity (Wildman–Crippen MR) is 98.1 cm³/mol. The average Bonchev–Trinajstić information content (AvgIpc) is 2.44. The molecule has 1 aliphatic heterocycles. The fraction of sp³-hybridized carbons (Fsp3) is 0.824. The summed E-state index contributed by atoms with van der Waals surface area (Å²) in [6.45, 7) is 10.4. The van der Waals surface area contributed by atoms with Gasteiger partial charge in [0.2, 0.25) is 0 Å². The molecule has 2 unspecified atom stereocenters. The first kappa shape index (κ1) is 23.4. The number of piperidine rings is 1. The summed E-state index contributed by atoms with van der Waals surface area (Å²) in [4.78, 5) is 11.2. The van der Waals surface area contributed by atoms with Crippen LogP contribution in [-0.2, 0) is 12.4 Å². The van der Waals surface area contributed by atoms with Gasteiger partial charge in [-0.2, -0.15) is 0 Å². The van der Waals surface area contributed by atoms with Gasteiger partial charge in [0.05, 0.1) is 13.1 Å². The smallest absolute Gasteiger partial charge is 0.0768 e. The number of amides is 1. The van der Waals surface area contributed by atoms with E-state index < -0.39 is 29.7 Å². The van der Waals surface area contributed by atoms with Gasteiger partial charge in [0.15, 0.2) is 0 Å². The van der Waals surface area contributed by atoms with Crippen LogP contribution in [0, 0.1) is 16.0 Å². The van der Waals surface area contributed by atoms with Crippen LogP contribution in [0.2, 0.25) is 4.71 Å². The first-order chi connectivity index (χ1) is 11.8. The van der Waals surface area contributed by atoms with Crippen LogP contribution in [-0.4, -0.2) is 42.5 Å². The van der Waals surface area contributed by atoms with Gasteiger partial charge in [0, 0.05) is 0 Å². The van der Waals surface area contributed by atoms with Gasteiger partial charge in [-0.25, -0.2) is 0 Å². The molecule has 0 aromatic heterocycles. The molecule has 2 aliphatic rings. The van der Waals surface area contributed by atoms with Crippen molar-refractivity contribution in [3.63, 3.8) is 0 Å². The third kappa shape index (κ3) is 6.51. The summed E-state index contributed by atoms with van der Waals surface area (Å²) in [7, 11) is 0. The Kier molecular flexibility index (Phi) is 8.14. The molecule has 0 bridgehead atoms. The number of allylic oxidation sites excluding steroid dienone is 2. The van der Waals surface area contributed by atoms with Crippen LogP contribution < -0.4 is 10.4 Å². The zero-order valence-corrected chi connectivity index (χ0v) is 18.2. The van der Waals surface area contributed by atoms with Crippen molar-refractivity contribution in [1.82, 2.24) is 5.32 Å². The van der Waals surface area contributed by atoms with Gasteiger partial charge in [-0.1, -0.05) is 0 Å². The predicted octanol–water partition coefficient (Wildman–Crippen LogP) is 1.24. The van der Waals surface area contributed by atoms with E-state index in [0.717, 1.165) is 31.6 Å². The maximum atomic E-state index is 12.1. The Hall–Kier alpha value is -0.632. The second kappa shape index (κ2) is 9.04. The van der Waals surface area contributed by atoms with Crippen molar-refractivity contribution < 1.29 is 26.8 Å². The van der Waals surface area contributed by atoms with Crippen LogP contribution in [0.3, 0.4) is 0 Å². The van der Waals surface area contributed by atoms with E-state index in [1.807, 2.05) is 13.8 Å². The molecule has 152 valence electrons. The van der Waals surface area contributed by atoms with E-state index in [1.165, 1.54) is 13.3 Å². The molecule has 0 aromatic carbocycles. The molecule has 2 rings (SSSR count). The minimum Gasteiger partial charge on any atom is -0.634 e. The molecule has 0 aromatic rings. The van der Waals surface area contributed by atoms with Crippen molar-refractivity contribution in [3.8, 4) is 0 Å². The fourth-order valence-electron chi connectivity index (χ4n) is 4.34. The third-order valence-electron chi connectivity index (χ3n) is 4.83. The topological polar surface area (TPSA) is 123 Å². The maximum absolute atomic E-state index is 12.1. The first-order valence-corrected chi connectivity index (χ1v) is 12.4. The Balaban J connectivity index is 0.000000401. The van der Waals surface area contributed by atoms with E-state index in [2.05, 4.69) is 9.19 Å². The van der Waals surface area contributed by atoms with Crippen molar-refractivity contribution in [1.29, 1.82) is 0 Å². The van der Waals surface area contributed by atoms with Crippen LogP contribution in [0.15, 0.2) is 11.8 Å². The van der Waals surface area contributed by atoms with E-state index in [1.54, 1.807) is 19.9 Å². The van der Waals surface area contributed by atoms with Crippen molar-refractivity contribution in [3.05, 3.63) is 17.0 Å². The Morgan fingerprint density at radius 3 is 2.19 bits per heavy atom. The Morgan fingerprint density at radius 1 is 1.31 bits per heavy atom. The van der Waals surface area contributed by atoms with Crippen LogP contribution in [0.25, 0.3) is 0 Å². The monoisotopic (exact) mass is 436 g/mol. The SMILES string of the molecule is CC(=O)NC1=CC(C)(C)C([As](=O)(O)OO)C(C)(C)C1.[O-][NH+]1CCCCC1. The summed E-state index contributed by atoms with van der Waals surface area (Å²) in [5, 5.41) is 22.4. The number of carbonyl (C=O) groups excluding carboxylic acids is 1. The van der Waals surface area contributed by atoms with Gasteiger partial charge in [-0.3, -0.25) is 0 Å². The van der Waals surface area contributed by atoms with E-state index in [-0.39, 0.29) is 5.91 Å². The Labute approximate surface area is 158 Å². The molecule has 1 fully saturated rings. The average molecular weight is 436 g/mol. The molecule has 26 heavy (non-hydrogen) atoms. The van der Waals surface area contributed by atoms with Crippen molar-refractivity contribution in [2.24, 2.45) is 10.8 Å². The number of carbonyl (C=O) groups is 1. The van der Waals surface area contributed by atoms with Crippen molar-refractivity contribution in [2.75, 3.05) is 13.1 Å². The normalized spacial score (nSPS) is 27.4. The van der Waals surface area contributed by atoms with Gasteiger partial charge in [0.25, 0.3) is 0 Å². The molecule has 0 radical (unpaired) electrons. The van der Waals surface area contributed by atoms with Gasteiger partial charge >= 0.3 is 116 Å². The summed E-state index contributed by atoms with van der Waals surface area (Å²) >= 11 is -4.84. The molecule has 0 saturated carbocycles. The second-order valence-electron chi connectivity index (χ2n) is 8.49. The molecular weight excluding hydrogens is 403 g/mol. The summed E-state index contributed by atoms with van der Waals surface area (Å²) in [5.41, 5.74) is -0.527. The summed E-state index contributed by atoms with van der Waals surface area (Å²) < 4.78 is 25.3. The minimum atomic E-state index is -4.84. The fourth-order valence-corrected chi connectivity index (χ4v) is 8.50. The quantitative estimate of drug-likeness (QED) is 0.229. The van der Waals surface area contributed by atoms with Crippen molar-refractivity contribution in [2.45, 2.75) is 65.0 Å². The largest absolute Gasteiger partial charge is 0.634 e. The number of quaternary nitrogens is 1. The molecule has 1 amide bonds. The second-order valence-corrected chi connectivity index (χ2v) is 12.3. The molecule has 0 spiro atoms. The number of hydrogen-bond donors (Lipinski definition) is 4. The van der Waals surface area contributed by atoms with E-state index in [0.29, 0.717) is 11.5 Å².